The van der Waals surface area contributed by atoms with Crippen LogP contribution in [0.15, 0.2) is 18.2 Å². The molecule has 2 rings (SSSR count). The first kappa shape index (κ1) is 14.4. The van der Waals surface area contributed by atoms with Gasteiger partial charge in [-0.1, -0.05) is 26.8 Å². The van der Waals surface area contributed by atoms with Gasteiger partial charge in [-0.05, 0) is 55.0 Å². The van der Waals surface area contributed by atoms with Crippen LogP contribution in [0.3, 0.4) is 0 Å². The second-order valence-electron chi connectivity index (χ2n) is 6.48. The zero-order valence-electron chi connectivity index (χ0n) is 12.9. The van der Waals surface area contributed by atoms with Crippen molar-refractivity contribution in [2.45, 2.75) is 40.7 Å². The molecule has 0 bridgehead atoms. The molecule has 0 radical (unpaired) electrons. The van der Waals surface area contributed by atoms with Gasteiger partial charge in [0.2, 0.25) is 0 Å². The molecule has 2 heteroatoms. The van der Waals surface area contributed by atoms with Crippen LogP contribution in [0, 0.1) is 18.8 Å². The fourth-order valence-electron chi connectivity index (χ4n) is 2.74. The van der Waals surface area contributed by atoms with E-state index in [0.717, 1.165) is 19.0 Å². The zero-order valence-corrected chi connectivity index (χ0v) is 12.9. The Hall–Kier alpha value is -1.02. The predicted molar refractivity (Wildman–Crippen MR) is 83.7 cm³/mol. The van der Waals surface area contributed by atoms with Crippen LogP contribution in [-0.4, -0.2) is 19.6 Å². The van der Waals surface area contributed by atoms with Crippen LogP contribution in [0.5, 0.6) is 0 Å². The van der Waals surface area contributed by atoms with Crippen molar-refractivity contribution in [2.75, 3.05) is 24.5 Å². The van der Waals surface area contributed by atoms with E-state index in [0.29, 0.717) is 5.92 Å². The largest absolute Gasteiger partial charge is 0.371 e. The topological polar surface area (TPSA) is 15.3 Å². The lowest BCUT2D eigenvalue weighted by Crippen LogP contribution is -2.21. The molecule has 1 heterocycles. The second kappa shape index (κ2) is 6.42. The van der Waals surface area contributed by atoms with Gasteiger partial charge in [0.25, 0.3) is 0 Å². The van der Waals surface area contributed by atoms with Gasteiger partial charge >= 0.3 is 0 Å². The standard InChI is InChI=1S/C17H28N2/c1-13(2)10-18-11-16-5-6-17(9-15(16)4)19-8-7-14(3)12-19/h5-6,9,13-14,18H,7-8,10-12H2,1-4H3. The van der Waals surface area contributed by atoms with Crippen molar-refractivity contribution in [1.29, 1.82) is 0 Å². The molecular formula is C17H28N2. The summed E-state index contributed by atoms with van der Waals surface area (Å²) in [6, 6.07) is 6.93. The third kappa shape index (κ3) is 3.97. The first-order valence-corrected chi connectivity index (χ1v) is 7.61. The summed E-state index contributed by atoms with van der Waals surface area (Å²) in [5, 5.41) is 3.52. The number of hydrogen-bond acceptors (Lipinski definition) is 2. The number of anilines is 1. The maximum atomic E-state index is 3.52. The molecule has 1 aliphatic rings. The highest BCUT2D eigenvalue weighted by Gasteiger charge is 2.19. The molecule has 1 aromatic carbocycles. The van der Waals surface area contributed by atoms with Gasteiger partial charge in [0, 0.05) is 25.3 Å². The lowest BCUT2D eigenvalue weighted by atomic mass is 10.1. The first-order chi connectivity index (χ1) is 9.06. The van der Waals surface area contributed by atoms with Crippen LogP contribution in [0.2, 0.25) is 0 Å². The second-order valence-corrected chi connectivity index (χ2v) is 6.48. The zero-order chi connectivity index (χ0) is 13.8. The smallest absolute Gasteiger partial charge is 0.0369 e. The number of hydrogen-bond donors (Lipinski definition) is 1. The minimum absolute atomic E-state index is 0.714. The Morgan fingerprint density at radius 3 is 2.74 bits per heavy atom. The average molecular weight is 260 g/mol. The summed E-state index contributed by atoms with van der Waals surface area (Å²) in [5.41, 5.74) is 4.24. The molecule has 0 spiro atoms. The van der Waals surface area contributed by atoms with Crippen molar-refractivity contribution >= 4 is 5.69 Å². The molecule has 0 saturated carbocycles. The van der Waals surface area contributed by atoms with Gasteiger partial charge in [-0.2, -0.15) is 0 Å². The molecule has 19 heavy (non-hydrogen) atoms. The van der Waals surface area contributed by atoms with Gasteiger partial charge in [0.05, 0.1) is 0 Å². The van der Waals surface area contributed by atoms with Crippen LogP contribution >= 0.6 is 0 Å². The molecule has 106 valence electrons. The quantitative estimate of drug-likeness (QED) is 0.870. The molecule has 1 unspecified atom stereocenters. The van der Waals surface area contributed by atoms with Gasteiger partial charge in [-0.3, -0.25) is 0 Å². The van der Waals surface area contributed by atoms with Crippen molar-refractivity contribution in [3.63, 3.8) is 0 Å². The van der Waals surface area contributed by atoms with E-state index in [2.05, 4.69) is 56.1 Å². The molecule has 1 aromatic rings. The maximum Gasteiger partial charge on any atom is 0.0369 e. The molecule has 1 atom stereocenters. The Kier molecular flexibility index (Phi) is 4.87. The van der Waals surface area contributed by atoms with Gasteiger partial charge in [0.15, 0.2) is 0 Å². The van der Waals surface area contributed by atoms with E-state index in [4.69, 9.17) is 0 Å². The van der Waals surface area contributed by atoms with E-state index < -0.39 is 0 Å². The molecule has 0 amide bonds. The SMILES string of the molecule is Cc1cc(N2CCC(C)C2)ccc1CNCC(C)C. The summed E-state index contributed by atoms with van der Waals surface area (Å²) >= 11 is 0. The highest BCUT2D eigenvalue weighted by atomic mass is 15.1. The molecule has 1 saturated heterocycles. The van der Waals surface area contributed by atoms with Crippen molar-refractivity contribution in [1.82, 2.24) is 5.32 Å². The Morgan fingerprint density at radius 2 is 2.16 bits per heavy atom. The monoisotopic (exact) mass is 260 g/mol. The predicted octanol–water partition coefficient (Wildman–Crippen LogP) is 3.59. The Bertz CT molecular complexity index is 412. The number of rotatable bonds is 5. The van der Waals surface area contributed by atoms with Gasteiger partial charge < -0.3 is 10.2 Å². The molecule has 0 aliphatic carbocycles. The van der Waals surface area contributed by atoms with Crippen LogP contribution in [-0.2, 0) is 6.54 Å². The number of aryl methyl sites for hydroxylation is 1. The molecule has 1 N–H and O–H groups in total. The number of benzene rings is 1. The Morgan fingerprint density at radius 1 is 1.37 bits per heavy atom. The first-order valence-electron chi connectivity index (χ1n) is 7.61. The van der Waals surface area contributed by atoms with Crippen molar-refractivity contribution in [2.24, 2.45) is 11.8 Å². The third-order valence-electron chi connectivity index (χ3n) is 3.98. The molecule has 1 fully saturated rings. The average Bonchev–Trinajstić information content (AvgIpc) is 2.77. The lowest BCUT2D eigenvalue weighted by Gasteiger charge is -2.20. The van der Waals surface area contributed by atoms with Gasteiger partial charge in [-0.15, -0.1) is 0 Å². The third-order valence-corrected chi connectivity index (χ3v) is 3.98. The van der Waals surface area contributed by atoms with Crippen LogP contribution in [0.25, 0.3) is 0 Å². The van der Waals surface area contributed by atoms with Gasteiger partial charge in [-0.25, -0.2) is 0 Å². The number of nitrogens with one attached hydrogen (secondary N) is 1. The van der Waals surface area contributed by atoms with Crippen molar-refractivity contribution < 1.29 is 0 Å². The summed E-state index contributed by atoms with van der Waals surface area (Å²) in [7, 11) is 0. The molecule has 0 aromatic heterocycles. The Labute approximate surface area is 118 Å². The van der Waals surface area contributed by atoms with Gasteiger partial charge in [0.1, 0.15) is 0 Å². The maximum absolute atomic E-state index is 3.52. The van der Waals surface area contributed by atoms with E-state index in [1.54, 1.807) is 0 Å². The van der Waals surface area contributed by atoms with Crippen LogP contribution < -0.4 is 10.2 Å². The van der Waals surface area contributed by atoms with E-state index >= 15 is 0 Å². The summed E-state index contributed by atoms with van der Waals surface area (Å²) < 4.78 is 0. The van der Waals surface area contributed by atoms with Crippen molar-refractivity contribution in [3.05, 3.63) is 29.3 Å². The minimum atomic E-state index is 0.714. The van der Waals surface area contributed by atoms with Crippen LogP contribution in [0.4, 0.5) is 5.69 Å². The fourth-order valence-corrected chi connectivity index (χ4v) is 2.74. The minimum Gasteiger partial charge on any atom is -0.371 e. The summed E-state index contributed by atoms with van der Waals surface area (Å²) in [4.78, 5) is 2.52. The van der Waals surface area contributed by atoms with E-state index in [-0.39, 0.29) is 0 Å². The Balaban J connectivity index is 1.97. The van der Waals surface area contributed by atoms with E-state index in [9.17, 15) is 0 Å². The van der Waals surface area contributed by atoms with E-state index in [1.165, 1.54) is 36.3 Å². The lowest BCUT2D eigenvalue weighted by molar-refractivity contribution is 0.551. The highest BCUT2D eigenvalue weighted by molar-refractivity contribution is 5.51. The van der Waals surface area contributed by atoms with Crippen molar-refractivity contribution in [3.8, 4) is 0 Å². The molecule has 1 aliphatic heterocycles. The summed E-state index contributed by atoms with van der Waals surface area (Å²) in [5.74, 6) is 1.55. The normalized spacial score (nSPS) is 19.4. The highest BCUT2D eigenvalue weighted by Crippen LogP contribution is 2.25. The summed E-state index contributed by atoms with van der Waals surface area (Å²) in [6.45, 7) is 13.6. The summed E-state index contributed by atoms with van der Waals surface area (Å²) in [6.07, 6.45) is 1.33. The van der Waals surface area contributed by atoms with Crippen LogP contribution in [0.1, 0.15) is 38.3 Å². The molecular weight excluding hydrogens is 232 g/mol. The van der Waals surface area contributed by atoms with E-state index in [1.807, 2.05) is 0 Å². The molecule has 2 nitrogen and oxygen atoms in total. The fraction of sp³-hybridized carbons (Fsp3) is 0.647. The number of nitrogens with zero attached hydrogens (tertiary/aromatic N) is 1.